The molecular weight excluding hydrogens is 304 g/mol. The van der Waals surface area contributed by atoms with Crippen molar-refractivity contribution >= 4 is 11.7 Å². The minimum Gasteiger partial charge on any atom is -0.338 e. The van der Waals surface area contributed by atoms with Gasteiger partial charge in [0, 0.05) is 43.6 Å². The molecule has 7 heteroatoms. The van der Waals surface area contributed by atoms with Gasteiger partial charge in [0.2, 0.25) is 0 Å². The molecule has 3 aromatic rings. The van der Waals surface area contributed by atoms with Crippen molar-refractivity contribution in [2.45, 2.75) is 19.5 Å². The van der Waals surface area contributed by atoms with Gasteiger partial charge in [0.1, 0.15) is 0 Å². The summed E-state index contributed by atoms with van der Waals surface area (Å²) in [5, 5.41) is 9.90. The number of aryl methyl sites for hydroxylation is 1. The molecule has 0 fully saturated rings. The number of benzene rings is 1. The van der Waals surface area contributed by atoms with Gasteiger partial charge in [-0.1, -0.05) is 12.1 Å². The van der Waals surface area contributed by atoms with E-state index < -0.39 is 0 Å². The van der Waals surface area contributed by atoms with E-state index in [1.54, 1.807) is 18.7 Å². The molecule has 7 nitrogen and oxygen atoms in total. The van der Waals surface area contributed by atoms with Crippen LogP contribution in [0, 0.1) is 0 Å². The number of carbonyl (C=O) groups is 1. The number of rotatable bonds is 7. The lowest BCUT2D eigenvalue weighted by Crippen LogP contribution is -2.30. The molecule has 0 aliphatic carbocycles. The van der Waals surface area contributed by atoms with E-state index in [2.05, 4.69) is 20.7 Å². The lowest BCUT2D eigenvalue weighted by Gasteiger charge is -2.09. The van der Waals surface area contributed by atoms with Gasteiger partial charge in [-0.05, 0) is 30.2 Å². The molecule has 3 rings (SSSR count). The molecule has 2 N–H and O–H groups in total. The van der Waals surface area contributed by atoms with Gasteiger partial charge in [-0.2, -0.15) is 5.10 Å². The van der Waals surface area contributed by atoms with Gasteiger partial charge in [0.25, 0.3) is 0 Å². The van der Waals surface area contributed by atoms with Crippen molar-refractivity contribution in [2.75, 3.05) is 11.9 Å². The lowest BCUT2D eigenvalue weighted by molar-refractivity contribution is 0.252. The molecule has 0 atom stereocenters. The fourth-order valence-electron chi connectivity index (χ4n) is 2.39. The highest BCUT2D eigenvalue weighted by molar-refractivity contribution is 5.89. The summed E-state index contributed by atoms with van der Waals surface area (Å²) in [5.74, 6) is 0. The minimum absolute atomic E-state index is 0.197. The third-order valence-corrected chi connectivity index (χ3v) is 3.53. The third kappa shape index (κ3) is 4.70. The first-order valence-electron chi connectivity index (χ1n) is 7.86. The van der Waals surface area contributed by atoms with E-state index in [0.29, 0.717) is 13.1 Å². The zero-order chi connectivity index (χ0) is 16.6. The second-order valence-corrected chi connectivity index (χ2v) is 5.44. The summed E-state index contributed by atoms with van der Waals surface area (Å²) < 4.78 is 3.83. The molecule has 0 radical (unpaired) electrons. The Morgan fingerprint density at radius 1 is 1.17 bits per heavy atom. The molecule has 0 spiro atoms. The number of anilines is 1. The SMILES string of the molecule is O=C(NCCCn1ccnc1)Nc1cccc(Cn2cccn2)c1. The number of carbonyl (C=O) groups excluding carboxylic acids is 1. The molecule has 2 amide bonds. The topological polar surface area (TPSA) is 76.8 Å². The van der Waals surface area contributed by atoms with Crippen LogP contribution < -0.4 is 10.6 Å². The Hall–Kier alpha value is -3.09. The number of imidazole rings is 1. The van der Waals surface area contributed by atoms with Crippen LogP contribution in [-0.4, -0.2) is 31.9 Å². The molecule has 0 bridgehead atoms. The fourth-order valence-corrected chi connectivity index (χ4v) is 2.39. The van der Waals surface area contributed by atoms with E-state index in [1.165, 1.54) is 0 Å². The average molecular weight is 324 g/mol. The summed E-state index contributed by atoms with van der Waals surface area (Å²) in [7, 11) is 0. The van der Waals surface area contributed by atoms with Crippen molar-refractivity contribution in [1.29, 1.82) is 0 Å². The molecule has 0 aliphatic rings. The minimum atomic E-state index is -0.197. The number of amides is 2. The second kappa shape index (κ2) is 7.96. The molecule has 0 saturated carbocycles. The monoisotopic (exact) mass is 324 g/mol. The number of nitrogens with zero attached hydrogens (tertiary/aromatic N) is 4. The predicted molar refractivity (Wildman–Crippen MR) is 91.6 cm³/mol. The Morgan fingerprint density at radius 3 is 2.92 bits per heavy atom. The van der Waals surface area contributed by atoms with Crippen molar-refractivity contribution < 1.29 is 4.79 Å². The van der Waals surface area contributed by atoms with Gasteiger partial charge in [-0.15, -0.1) is 0 Å². The molecule has 2 heterocycles. The zero-order valence-corrected chi connectivity index (χ0v) is 13.3. The number of aromatic nitrogens is 4. The standard InChI is InChI=1S/C17H20N6O/c24-17(19-6-2-9-22-11-8-18-14-22)21-16-5-1-4-15(12-16)13-23-10-3-7-20-23/h1,3-5,7-8,10-12,14H,2,6,9,13H2,(H2,19,21,24). The summed E-state index contributed by atoms with van der Waals surface area (Å²) in [6, 6.07) is 9.45. The van der Waals surface area contributed by atoms with Crippen LogP contribution in [0.4, 0.5) is 10.5 Å². The molecule has 0 unspecified atom stereocenters. The Morgan fingerprint density at radius 2 is 2.12 bits per heavy atom. The molecule has 1 aromatic carbocycles. The highest BCUT2D eigenvalue weighted by atomic mass is 16.2. The summed E-state index contributed by atoms with van der Waals surface area (Å²) >= 11 is 0. The third-order valence-electron chi connectivity index (χ3n) is 3.53. The van der Waals surface area contributed by atoms with Crippen LogP contribution in [0.25, 0.3) is 0 Å². The highest BCUT2D eigenvalue weighted by Crippen LogP contribution is 2.11. The quantitative estimate of drug-likeness (QED) is 0.655. The van der Waals surface area contributed by atoms with Crippen LogP contribution in [0.5, 0.6) is 0 Å². The van der Waals surface area contributed by atoms with Crippen LogP contribution in [-0.2, 0) is 13.1 Å². The fraction of sp³-hybridized carbons (Fsp3) is 0.235. The van der Waals surface area contributed by atoms with Gasteiger partial charge in [0.05, 0.1) is 12.9 Å². The van der Waals surface area contributed by atoms with Gasteiger partial charge in [0.15, 0.2) is 0 Å². The Labute approximate surface area is 140 Å². The summed E-state index contributed by atoms with van der Waals surface area (Å²) in [4.78, 5) is 15.9. The van der Waals surface area contributed by atoms with Crippen molar-refractivity contribution in [3.05, 3.63) is 67.0 Å². The van der Waals surface area contributed by atoms with Gasteiger partial charge in [-0.25, -0.2) is 9.78 Å². The molecular formula is C17H20N6O. The van der Waals surface area contributed by atoms with E-state index in [-0.39, 0.29) is 6.03 Å². The number of urea groups is 1. The van der Waals surface area contributed by atoms with Gasteiger partial charge < -0.3 is 15.2 Å². The van der Waals surface area contributed by atoms with Gasteiger partial charge >= 0.3 is 6.03 Å². The first-order chi connectivity index (χ1) is 11.8. The van der Waals surface area contributed by atoms with E-state index >= 15 is 0 Å². The van der Waals surface area contributed by atoms with Crippen LogP contribution in [0.2, 0.25) is 0 Å². The predicted octanol–water partition coefficient (Wildman–Crippen LogP) is 2.34. The summed E-state index contributed by atoms with van der Waals surface area (Å²) in [6.45, 7) is 2.12. The average Bonchev–Trinajstić information content (AvgIpc) is 3.25. The van der Waals surface area contributed by atoms with Crippen molar-refractivity contribution in [2.24, 2.45) is 0 Å². The molecule has 24 heavy (non-hydrogen) atoms. The maximum atomic E-state index is 11.9. The maximum Gasteiger partial charge on any atom is 0.319 e. The van der Waals surface area contributed by atoms with Crippen molar-refractivity contribution in [3.8, 4) is 0 Å². The molecule has 0 aliphatic heterocycles. The van der Waals surface area contributed by atoms with E-state index in [4.69, 9.17) is 0 Å². The second-order valence-electron chi connectivity index (χ2n) is 5.44. The largest absolute Gasteiger partial charge is 0.338 e. The van der Waals surface area contributed by atoms with Gasteiger partial charge in [-0.3, -0.25) is 4.68 Å². The maximum absolute atomic E-state index is 11.9. The highest BCUT2D eigenvalue weighted by Gasteiger charge is 2.03. The van der Waals surface area contributed by atoms with Crippen LogP contribution in [0.15, 0.2) is 61.4 Å². The van der Waals surface area contributed by atoms with Crippen LogP contribution in [0.1, 0.15) is 12.0 Å². The van der Waals surface area contributed by atoms with Crippen LogP contribution >= 0.6 is 0 Å². The molecule has 124 valence electrons. The van der Waals surface area contributed by atoms with Crippen molar-refractivity contribution in [1.82, 2.24) is 24.6 Å². The number of nitrogens with one attached hydrogen (secondary N) is 2. The molecule has 2 aromatic heterocycles. The normalized spacial score (nSPS) is 10.5. The first-order valence-corrected chi connectivity index (χ1v) is 7.86. The summed E-state index contributed by atoms with van der Waals surface area (Å²) in [5.41, 5.74) is 1.85. The number of hydrogen-bond acceptors (Lipinski definition) is 3. The van der Waals surface area contributed by atoms with Crippen molar-refractivity contribution in [3.63, 3.8) is 0 Å². The smallest absolute Gasteiger partial charge is 0.319 e. The Balaban J connectivity index is 1.44. The summed E-state index contributed by atoms with van der Waals surface area (Å²) in [6.07, 6.45) is 9.93. The van der Waals surface area contributed by atoms with Crippen LogP contribution in [0.3, 0.4) is 0 Å². The molecule has 0 saturated heterocycles. The zero-order valence-electron chi connectivity index (χ0n) is 13.3. The Bertz CT molecular complexity index is 751. The number of hydrogen-bond donors (Lipinski definition) is 2. The van der Waals surface area contributed by atoms with E-state index in [1.807, 2.05) is 52.0 Å². The lowest BCUT2D eigenvalue weighted by atomic mass is 10.2. The van der Waals surface area contributed by atoms with E-state index in [9.17, 15) is 4.79 Å². The van der Waals surface area contributed by atoms with E-state index in [0.717, 1.165) is 24.2 Å². The first kappa shape index (κ1) is 15.8. The Kier molecular flexibility index (Phi) is 5.24.